The molecule has 16 heteroatoms. The highest BCUT2D eigenvalue weighted by Gasteiger charge is 2.38. The summed E-state index contributed by atoms with van der Waals surface area (Å²) in [4.78, 5) is 2.04. The molecule has 6 aromatic rings. The summed E-state index contributed by atoms with van der Waals surface area (Å²) in [6.45, 7) is 0. The molecule has 0 fully saturated rings. The molecule has 1 unspecified atom stereocenters. The van der Waals surface area contributed by atoms with Crippen LogP contribution in [0.5, 0.6) is 0 Å². The lowest BCUT2D eigenvalue weighted by molar-refractivity contribution is -0.138. The van der Waals surface area contributed by atoms with Crippen LogP contribution in [-0.4, -0.2) is 26.5 Å². The van der Waals surface area contributed by atoms with Crippen molar-refractivity contribution in [3.63, 3.8) is 0 Å². The van der Waals surface area contributed by atoms with Crippen LogP contribution in [0, 0.1) is 11.2 Å². The van der Waals surface area contributed by atoms with Crippen molar-refractivity contribution in [1.29, 1.82) is 0 Å². The Labute approximate surface area is 351 Å². The fraction of sp³-hybridized carbons (Fsp3) is 0.174. The molecule has 0 aliphatic carbocycles. The van der Waals surface area contributed by atoms with Gasteiger partial charge in [-0.2, -0.15) is 74.5 Å². The van der Waals surface area contributed by atoms with Crippen LogP contribution < -0.4 is 26.8 Å². The van der Waals surface area contributed by atoms with Crippen LogP contribution in [0.3, 0.4) is 0 Å². The van der Waals surface area contributed by atoms with Crippen molar-refractivity contribution in [3.05, 3.63) is 185 Å². The van der Waals surface area contributed by atoms with Gasteiger partial charge in [-0.25, -0.2) is 0 Å². The second kappa shape index (κ2) is 18.2. The number of hydrogen-bond acceptors (Lipinski definition) is 2. The van der Waals surface area contributed by atoms with Gasteiger partial charge in [0.05, 0.1) is 22.3 Å². The number of rotatable bonds is 7. The minimum absolute atomic E-state index is 0.0114. The first-order valence-corrected chi connectivity index (χ1v) is 20.6. The Morgan fingerprint density at radius 2 is 0.774 bits per heavy atom. The Morgan fingerprint density at radius 1 is 0.468 bits per heavy atom. The van der Waals surface area contributed by atoms with Gasteiger partial charge in [-0.3, -0.25) is 0 Å². The van der Waals surface area contributed by atoms with Gasteiger partial charge in [0.1, 0.15) is 18.2 Å². The van der Waals surface area contributed by atoms with E-state index in [2.05, 4.69) is 11.2 Å². The summed E-state index contributed by atoms with van der Waals surface area (Å²) in [5, 5.41) is 2.93. The van der Waals surface area contributed by atoms with Crippen molar-refractivity contribution in [3.8, 4) is 11.2 Å². The number of nitrogens with zero attached hydrogens (tertiary/aromatic N) is 1. The molecule has 62 heavy (non-hydrogen) atoms. The molecule has 1 atom stereocenters. The van der Waals surface area contributed by atoms with Gasteiger partial charge in [0.15, 0.2) is 15.2 Å². The number of anilines is 1. The van der Waals surface area contributed by atoms with Crippen molar-refractivity contribution in [2.24, 2.45) is 0 Å². The molecule has 0 aromatic heterocycles. The molecule has 0 aliphatic rings. The summed E-state index contributed by atoms with van der Waals surface area (Å²) >= 11 is 0. The van der Waals surface area contributed by atoms with Crippen molar-refractivity contribution < 1.29 is 56.9 Å². The van der Waals surface area contributed by atoms with E-state index in [9.17, 15) is 56.9 Å². The van der Waals surface area contributed by atoms with E-state index in [1.165, 1.54) is 0 Å². The van der Waals surface area contributed by atoms with Gasteiger partial charge in [0.2, 0.25) is 0 Å². The lowest BCUT2D eigenvalue weighted by Crippen LogP contribution is -2.74. The van der Waals surface area contributed by atoms with E-state index in [1.807, 2.05) is 73.6 Å². The number of halogens is 12. The van der Waals surface area contributed by atoms with E-state index in [4.69, 9.17) is 0 Å². The van der Waals surface area contributed by atoms with Gasteiger partial charge in [-0.1, -0.05) is 132 Å². The zero-order valence-electron chi connectivity index (χ0n) is 33.0. The van der Waals surface area contributed by atoms with Crippen molar-refractivity contribution in [2.75, 3.05) is 25.3 Å². The highest BCUT2D eigenvalue weighted by molar-refractivity contribution is 8.05. The minimum atomic E-state index is -4.77. The van der Waals surface area contributed by atoms with E-state index >= 15 is 0 Å². The van der Waals surface area contributed by atoms with Crippen LogP contribution in [0.2, 0.25) is 0 Å². The first kappa shape index (κ1) is 47.1. The predicted octanol–water partition coefficient (Wildman–Crippen LogP) is 10.5. The largest absolute Gasteiger partial charge is 0.416 e. The van der Waals surface area contributed by atoms with E-state index < -0.39 is 63.0 Å². The summed E-state index contributed by atoms with van der Waals surface area (Å²) in [6.07, 6.45) is -20.3. The molecular weight excluding hydrogens is 853 g/mol. The highest BCUT2D eigenvalue weighted by atomic mass is 32.2. The predicted molar refractivity (Wildman–Crippen MR) is 222 cm³/mol. The van der Waals surface area contributed by atoms with Crippen LogP contribution in [0.15, 0.2) is 152 Å². The molecule has 2 nitrogen and oxygen atoms in total. The molecule has 0 aliphatic heterocycles. The lowest BCUT2D eigenvalue weighted by atomic mass is 9.13. The fourth-order valence-electron chi connectivity index (χ4n) is 6.93. The molecule has 0 saturated heterocycles. The fourth-order valence-corrected chi connectivity index (χ4v) is 8.17. The van der Waals surface area contributed by atoms with E-state index in [0.717, 1.165) is 65.3 Å². The molecule has 0 amide bonds. The Morgan fingerprint density at radius 3 is 1.05 bits per heavy atom. The van der Waals surface area contributed by atoms with Gasteiger partial charge < -0.3 is 4.90 Å². The second-order valence-electron chi connectivity index (χ2n) is 14.6. The first-order chi connectivity index (χ1) is 28.8. The number of hydrogen-bond donors (Lipinski definition) is 0. The number of alkyl halides is 12. The molecule has 0 spiro atoms. The molecule has 6 rings (SSSR count). The Bertz CT molecular complexity index is 2280. The zero-order chi connectivity index (χ0) is 45.7. The summed E-state index contributed by atoms with van der Waals surface area (Å²) in [5.74, 6) is 3.49. The van der Waals surface area contributed by atoms with E-state index in [-0.39, 0.29) is 21.9 Å². The minimum Gasteiger partial charge on any atom is -0.378 e. The third-order valence-corrected chi connectivity index (χ3v) is 11.4. The van der Waals surface area contributed by atoms with Crippen molar-refractivity contribution in [2.45, 2.75) is 30.5 Å². The standard InChI is InChI=1S/C28H16BF12.C18H20NOS/c30-25(31,32)17-1-9-21(10-2-17)29(22-11-3-18(4-12-22)26(33,34)35,23-13-5-19(6-14-23)27(36,37)38)24-15-7-20(8-16-24)28(39,40)41;1-19(2)18-11-9-17(10-12-18)15-21(3,20)14-13-16-7-5-4-6-8-16/h1-16H;4-12H,15H2,1-3H3/q-1;+1. The molecule has 0 N–H and O–H groups in total. The van der Waals surface area contributed by atoms with Crippen LogP contribution in [0.4, 0.5) is 58.4 Å². The zero-order valence-corrected chi connectivity index (χ0v) is 33.8. The number of benzene rings is 6. The Balaban J connectivity index is 0.000000290. The quantitative estimate of drug-likeness (QED) is 0.0689. The van der Waals surface area contributed by atoms with Crippen LogP contribution in [0.25, 0.3) is 0 Å². The molecule has 0 radical (unpaired) electrons. The summed E-state index contributed by atoms with van der Waals surface area (Å²) in [5.41, 5.74) is -1.21. The van der Waals surface area contributed by atoms with Gasteiger partial charge in [0, 0.05) is 30.9 Å². The topological polar surface area (TPSA) is 20.3 Å². The molecule has 6 aromatic carbocycles. The summed E-state index contributed by atoms with van der Waals surface area (Å²) in [7, 11) is 1.82. The monoisotopic (exact) mass is 889 g/mol. The van der Waals surface area contributed by atoms with Gasteiger partial charge in [-0.15, -0.1) is 0 Å². The average Bonchev–Trinajstić information content (AvgIpc) is 3.21. The van der Waals surface area contributed by atoms with Crippen molar-refractivity contribution >= 4 is 43.6 Å². The molecular formula is C46H36BF12NOS. The van der Waals surface area contributed by atoms with Crippen LogP contribution in [0.1, 0.15) is 33.4 Å². The van der Waals surface area contributed by atoms with E-state index in [0.29, 0.717) is 54.3 Å². The second-order valence-corrected chi connectivity index (χ2v) is 17.2. The average molecular weight is 890 g/mol. The van der Waals surface area contributed by atoms with Crippen molar-refractivity contribution in [1.82, 2.24) is 0 Å². The third-order valence-electron chi connectivity index (χ3n) is 10.0. The third kappa shape index (κ3) is 11.5. The summed E-state index contributed by atoms with van der Waals surface area (Å²) < 4.78 is 173. The highest BCUT2D eigenvalue weighted by Crippen LogP contribution is 2.32. The molecule has 0 bridgehead atoms. The lowest BCUT2D eigenvalue weighted by Gasteiger charge is -2.44. The maximum Gasteiger partial charge on any atom is 0.416 e. The molecule has 0 saturated carbocycles. The van der Waals surface area contributed by atoms with Gasteiger partial charge in [-0.05, 0) is 30.2 Å². The van der Waals surface area contributed by atoms with Gasteiger partial charge >= 0.3 is 24.7 Å². The first-order valence-electron chi connectivity index (χ1n) is 18.5. The SMILES string of the molecule is CN(C)c1ccc(C[S+](C)(=O)C#Cc2ccccc2)cc1.FC(F)(F)c1ccc([B-](c2ccc(C(F)(F)F)cc2)(c2ccc(C(F)(F)F)cc2)c2ccc(C(F)(F)F)cc2)cc1. The Kier molecular flexibility index (Phi) is 13.8. The van der Waals surface area contributed by atoms with Gasteiger partial charge in [0.25, 0.3) is 0 Å². The molecule has 324 valence electrons. The maximum absolute atomic E-state index is 13.3. The maximum atomic E-state index is 13.3. The smallest absolute Gasteiger partial charge is 0.378 e. The van der Waals surface area contributed by atoms with Crippen LogP contribution >= 0.6 is 0 Å². The normalized spacial score (nSPS) is 13.2. The Hall–Kier alpha value is -5.95. The van der Waals surface area contributed by atoms with Crippen LogP contribution in [-0.2, 0) is 44.6 Å². The molecule has 0 heterocycles. The summed E-state index contributed by atoms with van der Waals surface area (Å²) in [6, 6.07) is 31.3. The van der Waals surface area contributed by atoms with E-state index in [1.54, 1.807) is 6.26 Å².